The van der Waals surface area contributed by atoms with E-state index in [2.05, 4.69) is 10.6 Å². The average Bonchev–Trinajstić information content (AvgIpc) is 2.41. The number of carbonyl (C=O) groups excluding carboxylic acids is 1. The van der Waals surface area contributed by atoms with Crippen LogP contribution in [0, 0.1) is 13.8 Å². The predicted molar refractivity (Wildman–Crippen MR) is 84.5 cm³/mol. The van der Waals surface area contributed by atoms with E-state index in [9.17, 15) is 4.79 Å². The molecule has 3 heteroatoms. The summed E-state index contributed by atoms with van der Waals surface area (Å²) < 4.78 is 0. The number of benzene rings is 2. The number of aryl methyl sites for hydroxylation is 2. The van der Waals surface area contributed by atoms with Crippen molar-refractivity contribution in [1.29, 1.82) is 0 Å². The Hall–Kier alpha value is -2.29. The third kappa shape index (κ3) is 3.38. The number of nitrogens with one attached hydrogen (secondary N) is 2. The Kier molecular flexibility index (Phi) is 4.41. The van der Waals surface area contributed by atoms with Gasteiger partial charge in [0.1, 0.15) is 0 Å². The Morgan fingerprint density at radius 3 is 2.50 bits per heavy atom. The van der Waals surface area contributed by atoms with Crippen LogP contribution >= 0.6 is 0 Å². The van der Waals surface area contributed by atoms with Gasteiger partial charge in [-0.05, 0) is 50.6 Å². The van der Waals surface area contributed by atoms with E-state index in [1.165, 1.54) is 0 Å². The first-order valence-corrected chi connectivity index (χ1v) is 6.82. The van der Waals surface area contributed by atoms with Crippen LogP contribution < -0.4 is 10.6 Å². The number of amides is 1. The van der Waals surface area contributed by atoms with E-state index in [-0.39, 0.29) is 5.91 Å². The van der Waals surface area contributed by atoms with Crippen LogP contribution in [-0.4, -0.2) is 12.5 Å². The van der Waals surface area contributed by atoms with Crippen LogP contribution in [-0.2, 0) is 0 Å². The lowest BCUT2D eigenvalue weighted by Gasteiger charge is -2.12. The standard InChI is InChI=1S/C17H20N2O/c1-4-18-16-9-8-13(3)11-15(16)17(20)19-14-7-5-6-12(2)10-14/h5-11,18H,4H2,1-3H3,(H,19,20). The summed E-state index contributed by atoms with van der Waals surface area (Å²) in [6, 6.07) is 13.7. The third-order valence-electron chi connectivity index (χ3n) is 3.06. The van der Waals surface area contributed by atoms with E-state index in [0.717, 1.165) is 29.0 Å². The normalized spacial score (nSPS) is 10.2. The first-order valence-electron chi connectivity index (χ1n) is 6.82. The monoisotopic (exact) mass is 268 g/mol. The van der Waals surface area contributed by atoms with Crippen LogP contribution in [0.25, 0.3) is 0 Å². The molecular formula is C17H20N2O. The minimum Gasteiger partial charge on any atom is -0.385 e. The second-order valence-corrected chi connectivity index (χ2v) is 4.90. The van der Waals surface area contributed by atoms with Crippen LogP contribution in [0.4, 0.5) is 11.4 Å². The zero-order valence-corrected chi connectivity index (χ0v) is 12.2. The Balaban J connectivity index is 2.26. The summed E-state index contributed by atoms with van der Waals surface area (Å²) in [7, 11) is 0. The Morgan fingerprint density at radius 2 is 1.80 bits per heavy atom. The summed E-state index contributed by atoms with van der Waals surface area (Å²) in [5.41, 5.74) is 4.55. The molecule has 0 fully saturated rings. The van der Waals surface area contributed by atoms with Gasteiger partial charge in [-0.3, -0.25) is 4.79 Å². The van der Waals surface area contributed by atoms with E-state index < -0.39 is 0 Å². The molecule has 20 heavy (non-hydrogen) atoms. The molecule has 0 bridgehead atoms. The molecule has 2 rings (SSSR count). The molecule has 0 saturated carbocycles. The van der Waals surface area contributed by atoms with Crippen molar-refractivity contribution >= 4 is 17.3 Å². The summed E-state index contributed by atoms with van der Waals surface area (Å²) in [4.78, 5) is 12.4. The fourth-order valence-electron chi connectivity index (χ4n) is 2.11. The maximum Gasteiger partial charge on any atom is 0.257 e. The molecule has 104 valence electrons. The molecule has 3 nitrogen and oxygen atoms in total. The number of hydrogen-bond acceptors (Lipinski definition) is 2. The summed E-state index contributed by atoms with van der Waals surface area (Å²) >= 11 is 0. The van der Waals surface area contributed by atoms with Gasteiger partial charge in [0.2, 0.25) is 0 Å². The fourth-order valence-corrected chi connectivity index (χ4v) is 2.11. The van der Waals surface area contributed by atoms with Crippen molar-refractivity contribution in [3.8, 4) is 0 Å². The zero-order chi connectivity index (χ0) is 14.5. The minimum absolute atomic E-state index is 0.0877. The highest BCUT2D eigenvalue weighted by Crippen LogP contribution is 2.19. The van der Waals surface area contributed by atoms with Crippen molar-refractivity contribution in [2.45, 2.75) is 20.8 Å². The molecule has 0 heterocycles. The van der Waals surface area contributed by atoms with Crippen molar-refractivity contribution in [3.05, 3.63) is 59.2 Å². The molecule has 0 radical (unpaired) electrons. The lowest BCUT2D eigenvalue weighted by atomic mass is 10.1. The maximum absolute atomic E-state index is 12.4. The molecule has 1 amide bonds. The van der Waals surface area contributed by atoms with Crippen LogP contribution in [0.15, 0.2) is 42.5 Å². The van der Waals surface area contributed by atoms with Crippen LogP contribution in [0.1, 0.15) is 28.4 Å². The van der Waals surface area contributed by atoms with Gasteiger partial charge in [0, 0.05) is 17.9 Å². The van der Waals surface area contributed by atoms with Crippen LogP contribution in [0.5, 0.6) is 0 Å². The second kappa shape index (κ2) is 6.24. The van der Waals surface area contributed by atoms with E-state index in [1.54, 1.807) is 0 Å². The van der Waals surface area contributed by atoms with Crippen molar-refractivity contribution in [2.75, 3.05) is 17.2 Å². The van der Waals surface area contributed by atoms with Crippen molar-refractivity contribution in [3.63, 3.8) is 0 Å². The summed E-state index contributed by atoms with van der Waals surface area (Å²) in [5, 5.41) is 6.17. The van der Waals surface area contributed by atoms with Gasteiger partial charge < -0.3 is 10.6 Å². The van der Waals surface area contributed by atoms with E-state index in [1.807, 2.05) is 63.2 Å². The van der Waals surface area contributed by atoms with Crippen LogP contribution in [0.3, 0.4) is 0 Å². The minimum atomic E-state index is -0.0877. The second-order valence-electron chi connectivity index (χ2n) is 4.90. The summed E-state index contributed by atoms with van der Waals surface area (Å²) in [6.07, 6.45) is 0. The molecule has 2 N–H and O–H groups in total. The van der Waals surface area contributed by atoms with Gasteiger partial charge in [-0.25, -0.2) is 0 Å². The molecule has 0 aliphatic heterocycles. The predicted octanol–water partition coefficient (Wildman–Crippen LogP) is 3.99. The maximum atomic E-state index is 12.4. The molecule has 0 spiro atoms. The van der Waals surface area contributed by atoms with Gasteiger partial charge in [-0.2, -0.15) is 0 Å². The first kappa shape index (κ1) is 14.1. The van der Waals surface area contributed by atoms with E-state index in [0.29, 0.717) is 5.56 Å². The molecule has 0 aliphatic carbocycles. The van der Waals surface area contributed by atoms with Crippen molar-refractivity contribution in [2.24, 2.45) is 0 Å². The smallest absolute Gasteiger partial charge is 0.257 e. The lowest BCUT2D eigenvalue weighted by Crippen LogP contribution is -2.15. The Bertz CT molecular complexity index is 620. The van der Waals surface area contributed by atoms with E-state index in [4.69, 9.17) is 0 Å². The molecule has 0 atom stereocenters. The van der Waals surface area contributed by atoms with Gasteiger partial charge in [-0.15, -0.1) is 0 Å². The topological polar surface area (TPSA) is 41.1 Å². The van der Waals surface area contributed by atoms with E-state index >= 15 is 0 Å². The SMILES string of the molecule is CCNc1ccc(C)cc1C(=O)Nc1cccc(C)c1. The number of rotatable bonds is 4. The fraction of sp³-hybridized carbons (Fsp3) is 0.235. The molecule has 0 aromatic heterocycles. The average molecular weight is 268 g/mol. The first-order chi connectivity index (χ1) is 9.60. The van der Waals surface area contributed by atoms with Crippen molar-refractivity contribution < 1.29 is 4.79 Å². The Morgan fingerprint density at radius 1 is 1.05 bits per heavy atom. The number of anilines is 2. The van der Waals surface area contributed by atoms with Gasteiger partial charge in [0.25, 0.3) is 5.91 Å². The molecule has 0 unspecified atom stereocenters. The van der Waals surface area contributed by atoms with Gasteiger partial charge in [0.15, 0.2) is 0 Å². The zero-order valence-electron chi connectivity index (χ0n) is 12.2. The van der Waals surface area contributed by atoms with Gasteiger partial charge in [0.05, 0.1) is 5.56 Å². The molecule has 2 aromatic rings. The lowest BCUT2D eigenvalue weighted by molar-refractivity contribution is 0.102. The Labute approximate surface area is 120 Å². The highest BCUT2D eigenvalue weighted by Gasteiger charge is 2.11. The molecule has 0 saturated heterocycles. The molecular weight excluding hydrogens is 248 g/mol. The third-order valence-corrected chi connectivity index (χ3v) is 3.06. The van der Waals surface area contributed by atoms with Gasteiger partial charge in [-0.1, -0.05) is 23.8 Å². The highest BCUT2D eigenvalue weighted by molar-refractivity contribution is 6.08. The quantitative estimate of drug-likeness (QED) is 0.880. The highest BCUT2D eigenvalue weighted by atomic mass is 16.1. The molecule has 0 aliphatic rings. The van der Waals surface area contributed by atoms with Crippen LogP contribution in [0.2, 0.25) is 0 Å². The largest absolute Gasteiger partial charge is 0.385 e. The van der Waals surface area contributed by atoms with Crippen molar-refractivity contribution in [1.82, 2.24) is 0 Å². The summed E-state index contributed by atoms with van der Waals surface area (Å²) in [6.45, 7) is 6.79. The number of carbonyl (C=O) groups is 1. The van der Waals surface area contributed by atoms with Gasteiger partial charge >= 0.3 is 0 Å². The summed E-state index contributed by atoms with van der Waals surface area (Å²) in [5.74, 6) is -0.0877. The number of hydrogen-bond donors (Lipinski definition) is 2. The molecule has 2 aromatic carbocycles.